The van der Waals surface area contributed by atoms with Gasteiger partial charge in [0.1, 0.15) is 12.4 Å². The molecule has 1 aromatic rings. The summed E-state index contributed by atoms with van der Waals surface area (Å²) in [6, 6.07) is 7.24. The number of alkyl halides is 3. The molecule has 0 fully saturated rings. The van der Waals surface area contributed by atoms with Crippen LogP contribution in [-0.2, 0) is 6.54 Å². The minimum Gasteiger partial charge on any atom is -0.489 e. The van der Waals surface area contributed by atoms with Crippen molar-refractivity contribution in [1.29, 1.82) is 0 Å². The normalized spacial score (nSPS) is 11.3. The lowest BCUT2D eigenvalue weighted by Gasteiger charge is -2.11. The summed E-state index contributed by atoms with van der Waals surface area (Å²) in [5.41, 5.74) is 0.835. The van der Waals surface area contributed by atoms with Gasteiger partial charge in [0.15, 0.2) is 0 Å². The maximum absolute atomic E-state index is 12.0. The number of nitrogens with one attached hydrogen (secondary N) is 1. The van der Waals surface area contributed by atoms with Crippen LogP contribution >= 0.6 is 0 Å². The summed E-state index contributed by atoms with van der Waals surface area (Å²) < 4.78 is 41.3. The molecule has 5 heteroatoms. The molecule has 2 nitrogen and oxygen atoms in total. The van der Waals surface area contributed by atoms with Gasteiger partial charge in [-0.25, -0.2) is 0 Å². The van der Waals surface area contributed by atoms with Gasteiger partial charge in [0, 0.05) is 18.7 Å². The molecule has 0 amide bonds. The van der Waals surface area contributed by atoms with Gasteiger partial charge in [0.2, 0.25) is 0 Å². The fraction of sp³-hybridized carbons (Fsp3) is 0.385. The van der Waals surface area contributed by atoms with E-state index in [0.29, 0.717) is 18.9 Å². The number of halogens is 3. The monoisotopic (exact) mass is 259 g/mol. The number of rotatable bonds is 7. The van der Waals surface area contributed by atoms with Crippen LogP contribution in [0.2, 0.25) is 0 Å². The quantitative estimate of drug-likeness (QED) is 0.599. The molecule has 0 aromatic heterocycles. The van der Waals surface area contributed by atoms with Gasteiger partial charge in [-0.15, -0.1) is 0 Å². The maximum atomic E-state index is 12.0. The lowest BCUT2D eigenvalue weighted by Crippen LogP contribution is -2.21. The second-order valence-corrected chi connectivity index (χ2v) is 3.75. The van der Waals surface area contributed by atoms with Gasteiger partial charge in [-0.3, -0.25) is 0 Å². The van der Waals surface area contributed by atoms with Crippen LogP contribution in [0.4, 0.5) is 13.2 Å². The van der Waals surface area contributed by atoms with Crippen molar-refractivity contribution < 1.29 is 17.9 Å². The van der Waals surface area contributed by atoms with Gasteiger partial charge in [0.05, 0.1) is 6.42 Å². The summed E-state index contributed by atoms with van der Waals surface area (Å²) >= 11 is 0. The number of para-hydroxylation sites is 1. The van der Waals surface area contributed by atoms with Crippen LogP contribution in [0, 0.1) is 0 Å². The van der Waals surface area contributed by atoms with E-state index < -0.39 is 12.6 Å². The van der Waals surface area contributed by atoms with Crippen molar-refractivity contribution in [2.24, 2.45) is 0 Å². The molecule has 1 rings (SSSR count). The molecule has 0 aliphatic heterocycles. The summed E-state index contributed by atoms with van der Waals surface area (Å²) in [5, 5.41) is 2.75. The molecule has 0 aliphatic carbocycles. The molecular formula is C13H16F3NO. The van der Waals surface area contributed by atoms with Crippen LogP contribution in [0.5, 0.6) is 5.75 Å². The van der Waals surface area contributed by atoms with Gasteiger partial charge in [-0.05, 0) is 6.07 Å². The van der Waals surface area contributed by atoms with Crippen LogP contribution in [0.1, 0.15) is 12.0 Å². The number of ether oxygens (including phenoxy) is 1. The third kappa shape index (κ3) is 5.72. The van der Waals surface area contributed by atoms with Crippen LogP contribution < -0.4 is 10.1 Å². The lowest BCUT2D eigenvalue weighted by molar-refractivity contribution is -0.133. The molecule has 0 saturated heterocycles. The Labute approximate surface area is 104 Å². The van der Waals surface area contributed by atoms with Crippen molar-refractivity contribution >= 4 is 0 Å². The van der Waals surface area contributed by atoms with Crippen LogP contribution in [0.3, 0.4) is 0 Å². The smallest absolute Gasteiger partial charge is 0.390 e. The summed E-state index contributed by atoms with van der Waals surface area (Å²) in [5.74, 6) is 0.664. The standard InChI is InChI=1S/C13H16F3NO/c1-2-9-18-12-6-4-3-5-11(12)10-17-8-7-13(14,15)16/h2-6,17H,1,7-10H2. The summed E-state index contributed by atoms with van der Waals surface area (Å²) in [6.07, 6.45) is -3.33. The van der Waals surface area contributed by atoms with E-state index in [9.17, 15) is 13.2 Å². The topological polar surface area (TPSA) is 21.3 Å². The molecule has 0 spiro atoms. The number of hydrogen-bond donors (Lipinski definition) is 1. The Morgan fingerprint density at radius 2 is 2.00 bits per heavy atom. The highest BCUT2D eigenvalue weighted by molar-refractivity contribution is 5.33. The lowest BCUT2D eigenvalue weighted by atomic mass is 10.2. The predicted octanol–water partition coefficient (Wildman–Crippen LogP) is 3.29. The molecule has 1 N–H and O–H groups in total. The second kappa shape index (κ2) is 7.06. The zero-order chi connectivity index (χ0) is 13.4. The molecule has 18 heavy (non-hydrogen) atoms. The Kier molecular flexibility index (Phi) is 5.71. The van der Waals surface area contributed by atoms with Crippen molar-refractivity contribution in [3.05, 3.63) is 42.5 Å². The summed E-state index contributed by atoms with van der Waals surface area (Å²) in [4.78, 5) is 0. The van der Waals surface area contributed by atoms with Crippen molar-refractivity contribution in [3.63, 3.8) is 0 Å². The van der Waals surface area contributed by atoms with E-state index in [-0.39, 0.29) is 6.54 Å². The molecule has 0 heterocycles. The van der Waals surface area contributed by atoms with E-state index in [1.165, 1.54) is 0 Å². The molecule has 0 bridgehead atoms. The molecule has 0 unspecified atom stereocenters. The third-order valence-electron chi connectivity index (χ3n) is 2.23. The van der Waals surface area contributed by atoms with E-state index in [4.69, 9.17) is 4.74 Å². The largest absolute Gasteiger partial charge is 0.489 e. The third-order valence-corrected chi connectivity index (χ3v) is 2.23. The van der Waals surface area contributed by atoms with Crippen LogP contribution in [0.25, 0.3) is 0 Å². The number of benzene rings is 1. The maximum Gasteiger partial charge on any atom is 0.390 e. The van der Waals surface area contributed by atoms with E-state index >= 15 is 0 Å². The molecule has 100 valence electrons. The summed E-state index contributed by atoms with van der Waals surface area (Å²) in [7, 11) is 0. The summed E-state index contributed by atoms with van der Waals surface area (Å²) in [6.45, 7) is 4.17. The van der Waals surface area contributed by atoms with E-state index in [1.54, 1.807) is 12.1 Å². The molecule has 0 aliphatic rings. The minimum absolute atomic E-state index is 0.0979. The van der Waals surface area contributed by atoms with Crippen molar-refractivity contribution in [2.45, 2.75) is 19.1 Å². The second-order valence-electron chi connectivity index (χ2n) is 3.75. The average Bonchev–Trinajstić information content (AvgIpc) is 2.32. The highest BCUT2D eigenvalue weighted by Gasteiger charge is 2.25. The highest BCUT2D eigenvalue weighted by Crippen LogP contribution is 2.20. The Balaban J connectivity index is 2.43. The number of hydrogen-bond acceptors (Lipinski definition) is 2. The molecule has 0 radical (unpaired) electrons. The minimum atomic E-state index is -4.12. The van der Waals surface area contributed by atoms with Crippen LogP contribution in [0.15, 0.2) is 36.9 Å². The highest BCUT2D eigenvalue weighted by atomic mass is 19.4. The SMILES string of the molecule is C=CCOc1ccccc1CNCCC(F)(F)F. The molecular weight excluding hydrogens is 243 g/mol. The van der Waals surface area contributed by atoms with E-state index in [1.807, 2.05) is 18.2 Å². The van der Waals surface area contributed by atoms with Gasteiger partial charge >= 0.3 is 6.18 Å². The van der Waals surface area contributed by atoms with Crippen molar-refractivity contribution in [3.8, 4) is 5.75 Å². The van der Waals surface area contributed by atoms with Gasteiger partial charge in [-0.1, -0.05) is 30.9 Å². The predicted molar refractivity (Wildman–Crippen MR) is 64.5 cm³/mol. The van der Waals surface area contributed by atoms with Gasteiger partial charge < -0.3 is 10.1 Å². The first-order valence-corrected chi connectivity index (χ1v) is 5.62. The Hall–Kier alpha value is -1.49. The first-order chi connectivity index (χ1) is 8.53. The first-order valence-electron chi connectivity index (χ1n) is 5.62. The first kappa shape index (κ1) is 14.6. The van der Waals surface area contributed by atoms with Crippen LogP contribution in [-0.4, -0.2) is 19.3 Å². The zero-order valence-corrected chi connectivity index (χ0v) is 9.96. The average molecular weight is 259 g/mol. The van der Waals surface area contributed by atoms with E-state index in [2.05, 4.69) is 11.9 Å². The molecule has 1 aromatic carbocycles. The van der Waals surface area contributed by atoms with Crippen molar-refractivity contribution in [2.75, 3.05) is 13.2 Å². The van der Waals surface area contributed by atoms with Gasteiger partial charge in [0.25, 0.3) is 0 Å². The Morgan fingerprint density at radius 3 is 2.67 bits per heavy atom. The fourth-order valence-corrected chi connectivity index (χ4v) is 1.39. The van der Waals surface area contributed by atoms with Gasteiger partial charge in [-0.2, -0.15) is 13.2 Å². The Morgan fingerprint density at radius 1 is 1.28 bits per heavy atom. The Bertz CT molecular complexity index is 377. The zero-order valence-electron chi connectivity index (χ0n) is 9.96. The van der Waals surface area contributed by atoms with Crippen molar-refractivity contribution in [1.82, 2.24) is 5.32 Å². The van der Waals surface area contributed by atoms with E-state index in [0.717, 1.165) is 5.56 Å². The molecule has 0 atom stereocenters. The fourth-order valence-electron chi connectivity index (χ4n) is 1.39. The molecule has 0 saturated carbocycles.